The van der Waals surface area contributed by atoms with E-state index in [0.717, 1.165) is 6.92 Å². The number of rotatable bonds is 6. The average molecular weight is 236 g/mol. The molecule has 2 unspecified atom stereocenters. The van der Waals surface area contributed by atoms with E-state index in [1.807, 2.05) is 0 Å². The molecule has 8 nitrogen and oxygen atoms in total. The Labute approximate surface area is 91.5 Å². The van der Waals surface area contributed by atoms with Gasteiger partial charge in [-0.2, -0.15) is 0 Å². The maximum absolute atomic E-state index is 10.9. The molecule has 2 atom stereocenters. The fourth-order valence-electron chi connectivity index (χ4n) is 1.33. The molecule has 8 N–H and O–H groups in total. The average Bonchev–Trinajstić information content (AvgIpc) is 2.10. The molecule has 0 spiro atoms. The molecule has 16 heavy (non-hydrogen) atoms. The van der Waals surface area contributed by atoms with Gasteiger partial charge in [-0.15, -0.1) is 0 Å². The summed E-state index contributed by atoms with van der Waals surface area (Å²) in [6.45, 7) is 0.276. The molecular formula is C8H16N2O6. The quantitative estimate of drug-likeness (QED) is 0.275. The van der Waals surface area contributed by atoms with Gasteiger partial charge in [0.2, 0.25) is 0 Å². The van der Waals surface area contributed by atoms with Crippen LogP contribution in [-0.4, -0.2) is 50.2 Å². The molecule has 0 saturated carbocycles. The summed E-state index contributed by atoms with van der Waals surface area (Å²) < 4.78 is 0. The Balaban J connectivity index is 5.29. The van der Waals surface area contributed by atoms with Crippen molar-refractivity contribution in [3.8, 4) is 0 Å². The molecule has 0 aliphatic rings. The summed E-state index contributed by atoms with van der Waals surface area (Å²) in [7, 11) is 0. The Hall–Kier alpha value is -1.22. The van der Waals surface area contributed by atoms with E-state index in [2.05, 4.69) is 0 Å². The summed E-state index contributed by atoms with van der Waals surface area (Å²) in [4.78, 5) is 21.3. The highest BCUT2D eigenvalue weighted by molar-refractivity contribution is 5.79. The molecule has 0 bridgehead atoms. The van der Waals surface area contributed by atoms with Crippen molar-refractivity contribution in [3.63, 3.8) is 0 Å². The van der Waals surface area contributed by atoms with Crippen LogP contribution >= 0.6 is 0 Å². The predicted octanol–water partition coefficient (Wildman–Crippen LogP) is -2.48. The lowest BCUT2D eigenvalue weighted by atomic mass is 9.76. The molecule has 0 heterocycles. The number of nitrogens with two attached hydrogens (primary N) is 2. The maximum atomic E-state index is 10.9. The SMILES string of the molecule is CC(O)(O)C(N)(CN)C(CC(=O)O)C(=O)O. The van der Waals surface area contributed by atoms with Crippen molar-refractivity contribution in [1.82, 2.24) is 0 Å². The van der Waals surface area contributed by atoms with Crippen molar-refractivity contribution in [1.29, 1.82) is 0 Å². The number of carbonyl (C=O) groups is 2. The molecule has 0 amide bonds. The summed E-state index contributed by atoms with van der Waals surface area (Å²) in [5, 5.41) is 36.1. The normalized spacial score (nSPS) is 17.6. The monoisotopic (exact) mass is 236 g/mol. The predicted molar refractivity (Wildman–Crippen MR) is 52.2 cm³/mol. The first kappa shape index (κ1) is 14.8. The number of carboxylic acid groups (broad SMARTS) is 2. The molecule has 0 aliphatic carbocycles. The molecule has 0 fully saturated rings. The fraction of sp³-hybridized carbons (Fsp3) is 0.750. The molecule has 0 aromatic heterocycles. The Bertz CT molecular complexity index is 287. The first-order chi connectivity index (χ1) is 7.06. The molecule has 0 radical (unpaired) electrons. The van der Waals surface area contributed by atoms with Crippen LogP contribution in [-0.2, 0) is 9.59 Å². The summed E-state index contributed by atoms with van der Waals surface area (Å²) >= 11 is 0. The minimum atomic E-state index is -2.60. The van der Waals surface area contributed by atoms with Crippen LogP contribution in [0, 0.1) is 5.92 Å². The lowest BCUT2D eigenvalue weighted by molar-refractivity contribution is -0.212. The van der Waals surface area contributed by atoms with Gasteiger partial charge in [0.25, 0.3) is 0 Å². The van der Waals surface area contributed by atoms with E-state index in [1.165, 1.54) is 0 Å². The summed E-state index contributed by atoms with van der Waals surface area (Å²) in [5.41, 5.74) is 8.56. The first-order valence-electron chi connectivity index (χ1n) is 4.44. The van der Waals surface area contributed by atoms with Gasteiger partial charge in [0, 0.05) is 6.54 Å². The smallest absolute Gasteiger partial charge is 0.309 e. The van der Waals surface area contributed by atoms with Crippen LogP contribution in [0.2, 0.25) is 0 Å². The van der Waals surface area contributed by atoms with Gasteiger partial charge in [-0.3, -0.25) is 9.59 Å². The minimum Gasteiger partial charge on any atom is -0.481 e. The van der Waals surface area contributed by atoms with Crippen LogP contribution in [0.1, 0.15) is 13.3 Å². The standard InChI is InChI=1S/C8H16N2O6/c1-7(15,16)8(10,3-9)4(6(13)14)2-5(11)12/h4,15-16H,2-3,9-10H2,1H3,(H,11,12)(H,13,14). The van der Waals surface area contributed by atoms with E-state index in [-0.39, 0.29) is 0 Å². The molecule has 0 aromatic carbocycles. The number of aliphatic hydroxyl groups is 2. The fourth-order valence-corrected chi connectivity index (χ4v) is 1.33. The van der Waals surface area contributed by atoms with Crippen molar-refractivity contribution in [2.24, 2.45) is 17.4 Å². The summed E-state index contributed by atoms with van der Waals surface area (Å²) in [6.07, 6.45) is -0.847. The highest BCUT2D eigenvalue weighted by Crippen LogP contribution is 2.27. The van der Waals surface area contributed by atoms with Crippen molar-refractivity contribution in [2.45, 2.75) is 24.7 Å². The van der Waals surface area contributed by atoms with Gasteiger partial charge in [0.15, 0.2) is 5.79 Å². The Morgan fingerprint density at radius 1 is 1.31 bits per heavy atom. The van der Waals surface area contributed by atoms with Crippen LogP contribution in [0.4, 0.5) is 0 Å². The molecule has 0 aromatic rings. The second-order valence-corrected chi connectivity index (χ2v) is 3.75. The van der Waals surface area contributed by atoms with Crippen molar-refractivity contribution >= 4 is 11.9 Å². The number of carboxylic acids is 2. The molecule has 0 rings (SSSR count). The largest absolute Gasteiger partial charge is 0.481 e. The molecule has 8 heteroatoms. The Morgan fingerprint density at radius 2 is 1.75 bits per heavy atom. The minimum absolute atomic E-state index is 0.583. The topological polar surface area (TPSA) is 167 Å². The first-order valence-corrected chi connectivity index (χ1v) is 4.44. The van der Waals surface area contributed by atoms with E-state index < -0.39 is 42.1 Å². The number of hydrogen-bond donors (Lipinski definition) is 6. The molecular weight excluding hydrogens is 220 g/mol. The van der Waals surface area contributed by atoms with Gasteiger partial charge >= 0.3 is 11.9 Å². The second-order valence-electron chi connectivity index (χ2n) is 3.75. The third-order valence-corrected chi connectivity index (χ3v) is 2.52. The van der Waals surface area contributed by atoms with Gasteiger partial charge in [-0.05, 0) is 6.92 Å². The van der Waals surface area contributed by atoms with E-state index in [4.69, 9.17) is 21.7 Å². The lowest BCUT2D eigenvalue weighted by Gasteiger charge is -2.41. The van der Waals surface area contributed by atoms with Crippen molar-refractivity contribution in [2.75, 3.05) is 6.54 Å². The zero-order valence-corrected chi connectivity index (χ0v) is 8.75. The van der Waals surface area contributed by atoms with Gasteiger partial charge in [0.1, 0.15) is 0 Å². The van der Waals surface area contributed by atoms with Crippen LogP contribution in [0.25, 0.3) is 0 Å². The zero-order valence-electron chi connectivity index (χ0n) is 8.75. The van der Waals surface area contributed by atoms with Crippen LogP contribution in [0.5, 0.6) is 0 Å². The van der Waals surface area contributed by atoms with Gasteiger partial charge < -0.3 is 31.9 Å². The summed E-state index contributed by atoms with van der Waals surface area (Å²) in [6, 6.07) is 0. The molecule has 94 valence electrons. The maximum Gasteiger partial charge on any atom is 0.309 e. The third-order valence-electron chi connectivity index (χ3n) is 2.52. The van der Waals surface area contributed by atoms with Gasteiger partial charge in [-0.25, -0.2) is 0 Å². The molecule has 0 saturated heterocycles. The van der Waals surface area contributed by atoms with E-state index in [9.17, 15) is 19.8 Å². The van der Waals surface area contributed by atoms with Crippen LogP contribution in [0.3, 0.4) is 0 Å². The number of hydrogen-bond acceptors (Lipinski definition) is 6. The summed E-state index contributed by atoms with van der Waals surface area (Å²) in [5.74, 6) is -7.26. The van der Waals surface area contributed by atoms with Crippen molar-refractivity contribution in [3.05, 3.63) is 0 Å². The highest BCUT2D eigenvalue weighted by Gasteiger charge is 2.51. The Morgan fingerprint density at radius 3 is 1.94 bits per heavy atom. The van der Waals surface area contributed by atoms with Gasteiger partial charge in [-0.1, -0.05) is 0 Å². The van der Waals surface area contributed by atoms with E-state index in [1.54, 1.807) is 0 Å². The Kier molecular flexibility index (Phi) is 4.38. The third kappa shape index (κ3) is 2.89. The van der Waals surface area contributed by atoms with Crippen molar-refractivity contribution < 1.29 is 30.0 Å². The highest BCUT2D eigenvalue weighted by atomic mass is 16.5. The van der Waals surface area contributed by atoms with Gasteiger partial charge in [0.05, 0.1) is 17.9 Å². The van der Waals surface area contributed by atoms with Crippen LogP contribution in [0.15, 0.2) is 0 Å². The van der Waals surface area contributed by atoms with E-state index >= 15 is 0 Å². The number of aliphatic carboxylic acids is 2. The molecule has 0 aliphatic heterocycles. The van der Waals surface area contributed by atoms with E-state index in [0.29, 0.717) is 0 Å². The van der Waals surface area contributed by atoms with Crippen LogP contribution < -0.4 is 11.5 Å². The second kappa shape index (κ2) is 4.74. The zero-order chi connectivity index (χ0) is 13.1. The lowest BCUT2D eigenvalue weighted by Crippen LogP contribution is -2.69.